The summed E-state index contributed by atoms with van der Waals surface area (Å²) < 4.78 is 5.92. The SMILES string of the molecule is O=C(c1ccc(Br)s1)C1(CO)COC1. The molecule has 1 fully saturated rings. The lowest BCUT2D eigenvalue weighted by molar-refractivity contribution is -0.109. The Morgan fingerprint density at radius 3 is 2.71 bits per heavy atom. The van der Waals surface area contributed by atoms with Gasteiger partial charge in [-0.2, -0.15) is 0 Å². The predicted molar refractivity (Wildman–Crippen MR) is 56.7 cm³/mol. The van der Waals surface area contributed by atoms with Crippen LogP contribution < -0.4 is 0 Å². The maximum Gasteiger partial charge on any atom is 0.185 e. The first-order chi connectivity index (χ1) is 6.68. The molecule has 0 unspecified atom stereocenters. The van der Waals surface area contributed by atoms with Crippen molar-refractivity contribution in [3.63, 3.8) is 0 Å². The minimum absolute atomic E-state index is 0.0121. The molecule has 1 saturated heterocycles. The number of rotatable bonds is 3. The molecule has 1 aliphatic rings. The van der Waals surface area contributed by atoms with Crippen LogP contribution in [0.3, 0.4) is 0 Å². The van der Waals surface area contributed by atoms with Gasteiger partial charge in [0.15, 0.2) is 5.78 Å². The Labute approximate surface area is 93.8 Å². The summed E-state index contributed by atoms with van der Waals surface area (Å²) in [6.07, 6.45) is 0. The molecule has 0 saturated carbocycles. The van der Waals surface area contributed by atoms with Crippen LogP contribution in [0.1, 0.15) is 9.67 Å². The van der Waals surface area contributed by atoms with Crippen LogP contribution in [-0.2, 0) is 4.74 Å². The molecular weight excluding hydrogens is 268 g/mol. The lowest BCUT2D eigenvalue weighted by Gasteiger charge is -2.37. The van der Waals surface area contributed by atoms with Crippen molar-refractivity contribution >= 4 is 33.0 Å². The van der Waals surface area contributed by atoms with Gasteiger partial charge in [-0.1, -0.05) is 0 Å². The number of aliphatic hydroxyl groups excluding tert-OH is 1. The van der Waals surface area contributed by atoms with Crippen LogP contribution in [0, 0.1) is 5.41 Å². The third-order valence-electron chi connectivity index (χ3n) is 2.34. The molecule has 0 aliphatic carbocycles. The van der Waals surface area contributed by atoms with E-state index in [1.54, 1.807) is 6.07 Å². The summed E-state index contributed by atoms with van der Waals surface area (Å²) in [6, 6.07) is 3.61. The Morgan fingerprint density at radius 1 is 1.64 bits per heavy atom. The summed E-state index contributed by atoms with van der Waals surface area (Å²) in [5.41, 5.74) is -0.676. The lowest BCUT2D eigenvalue weighted by atomic mass is 9.81. The molecule has 2 rings (SSSR count). The second-order valence-corrected chi connectivity index (χ2v) is 5.83. The van der Waals surface area contributed by atoms with E-state index in [-0.39, 0.29) is 12.4 Å². The van der Waals surface area contributed by atoms with Crippen molar-refractivity contribution in [2.24, 2.45) is 5.41 Å². The van der Waals surface area contributed by atoms with Crippen LogP contribution in [0.4, 0.5) is 0 Å². The number of hydrogen-bond acceptors (Lipinski definition) is 4. The summed E-state index contributed by atoms with van der Waals surface area (Å²) in [4.78, 5) is 12.6. The molecule has 0 spiro atoms. The molecule has 0 amide bonds. The molecule has 1 aliphatic heterocycles. The molecule has 0 bridgehead atoms. The number of carbonyl (C=O) groups is 1. The number of aliphatic hydroxyl groups is 1. The van der Waals surface area contributed by atoms with Crippen LogP contribution >= 0.6 is 27.3 Å². The van der Waals surface area contributed by atoms with Crippen molar-refractivity contribution < 1.29 is 14.6 Å². The second-order valence-electron chi connectivity index (χ2n) is 3.36. The quantitative estimate of drug-likeness (QED) is 0.855. The van der Waals surface area contributed by atoms with Gasteiger partial charge in [-0.05, 0) is 28.1 Å². The highest BCUT2D eigenvalue weighted by Crippen LogP contribution is 2.34. The number of Topliss-reactive ketones (excluding diaryl/α,β-unsaturated/α-hetero) is 1. The van der Waals surface area contributed by atoms with Crippen molar-refractivity contribution in [2.75, 3.05) is 19.8 Å². The van der Waals surface area contributed by atoms with Crippen molar-refractivity contribution in [1.29, 1.82) is 0 Å². The monoisotopic (exact) mass is 276 g/mol. The molecule has 1 N–H and O–H groups in total. The molecule has 0 aromatic carbocycles. The van der Waals surface area contributed by atoms with Gasteiger partial charge in [0.2, 0.25) is 0 Å². The van der Waals surface area contributed by atoms with Crippen LogP contribution in [0.25, 0.3) is 0 Å². The molecule has 0 radical (unpaired) electrons. The van der Waals surface area contributed by atoms with Crippen LogP contribution in [0.2, 0.25) is 0 Å². The van der Waals surface area contributed by atoms with Gasteiger partial charge in [0.05, 0.1) is 28.5 Å². The highest BCUT2D eigenvalue weighted by atomic mass is 79.9. The number of halogens is 1. The molecule has 1 aromatic rings. The summed E-state index contributed by atoms with van der Waals surface area (Å²) in [5.74, 6) is -0.0121. The maximum absolute atomic E-state index is 11.9. The molecule has 3 nitrogen and oxygen atoms in total. The highest BCUT2D eigenvalue weighted by molar-refractivity contribution is 9.11. The highest BCUT2D eigenvalue weighted by Gasteiger charge is 2.46. The molecule has 14 heavy (non-hydrogen) atoms. The van der Waals surface area contributed by atoms with Gasteiger partial charge in [0, 0.05) is 0 Å². The molecule has 76 valence electrons. The van der Waals surface area contributed by atoms with Crippen molar-refractivity contribution in [3.05, 3.63) is 20.8 Å². The van der Waals surface area contributed by atoms with E-state index in [0.717, 1.165) is 3.79 Å². The molecule has 0 atom stereocenters. The number of thiophene rings is 1. The zero-order chi connectivity index (χ0) is 10.2. The van der Waals surface area contributed by atoms with E-state index in [4.69, 9.17) is 9.84 Å². The van der Waals surface area contributed by atoms with Crippen molar-refractivity contribution in [1.82, 2.24) is 0 Å². The van der Waals surface area contributed by atoms with Gasteiger partial charge < -0.3 is 9.84 Å². The first-order valence-corrected chi connectivity index (χ1v) is 5.78. The number of carbonyl (C=O) groups excluding carboxylic acids is 1. The smallest absolute Gasteiger partial charge is 0.185 e. The van der Waals surface area contributed by atoms with Gasteiger partial charge >= 0.3 is 0 Å². The third kappa shape index (κ3) is 1.54. The normalized spacial score (nSPS) is 19.0. The zero-order valence-electron chi connectivity index (χ0n) is 7.33. The fourth-order valence-corrected chi connectivity index (χ4v) is 2.79. The fourth-order valence-electron chi connectivity index (χ4n) is 1.34. The topological polar surface area (TPSA) is 46.5 Å². The van der Waals surface area contributed by atoms with Gasteiger partial charge in [0.25, 0.3) is 0 Å². The number of ether oxygens (including phenoxy) is 1. The Balaban J connectivity index is 2.23. The summed E-state index contributed by atoms with van der Waals surface area (Å²) >= 11 is 4.69. The zero-order valence-corrected chi connectivity index (χ0v) is 9.73. The van der Waals surface area contributed by atoms with E-state index in [1.807, 2.05) is 6.07 Å². The molecular formula is C9H9BrO3S. The molecule has 2 heterocycles. The van der Waals surface area contributed by atoms with Crippen LogP contribution in [0.5, 0.6) is 0 Å². The Hall–Kier alpha value is -0.230. The van der Waals surface area contributed by atoms with Gasteiger partial charge in [0.1, 0.15) is 5.41 Å². The Morgan fingerprint density at radius 2 is 2.36 bits per heavy atom. The van der Waals surface area contributed by atoms with Crippen molar-refractivity contribution in [3.8, 4) is 0 Å². The van der Waals surface area contributed by atoms with E-state index in [2.05, 4.69) is 15.9 Å². The average Bonchev–Trinajstić information content (AvgIpc) is 2.50. The van der Waals surface area contributed by atoms with E-state index in [0.29, 0.717) is 18.1 Å². The van der Waals surface area contributed by atoms with Crippen LogP contribution in [-0.4, -0.2) is 30.7 Å². The summed E-state index contributed by atoms with van der Waals surface area (Å²) in [7, 11) is 0. The first kappa shape index (κ1) is 10.3. The Kier molecular flexibility index (Phi) is 2.74. The lowest BCUT2D eigenvalue weighted by Crippen LogP contribution is -2.51. The summed E-state index contributed by atoms with van der Waals surface area (Å²) in [6.45, 7) is 0.525. The maximum atomic E-state index is 11.9. The fraction of sp³-hybridized carbons (Fsp3) is 0.444. The van der Waals surface area contributed by atoms with Gasteiger partial charge in [-0.3, -0.25) is 4.79 Å². The minimum atomic E-state index is -0.676. The van der Waals surface area contributed by atoms with Crippen molar-refractivity contribution in [2.45, 2.75) is 0 Å². The Bertz CT molecular complexity index is 351. The standard InChI is InChI=1S/C9H9BrO3S/c10-7-2-1-6(14-7)8(12)9(3-11)4-13-5-9/h1-2,11H,3-5H2. The van der Waals surface area contributed by atoms with E-state index in [1.165, 1.54) is 11.3 Å². The summed E-state index contributed by atoms with van der Waals surface area (Å²) in [5, 5.41) is 9.17. The third-order valence-corrected chi connectivity index (χ3v) is 3.96. The second kappa shape index (κ2) is 3.73. The van der Waals surface area contributed by atoms with Gasteiger partial charge in [-0.15, -0.1) is 11.3 Å². The van der Waals surface area contributed by atoms with Crippen LogP contribution in [0.15, 0.2) is 15.9 Å². The van der Waals surface area contributed by atoms with E-state index < -0.39 is 5.41 Å². The number of hydrogen-bond donors (Lipinski definition) is 1. The van der Waals surface area contributed by atoms with E-state index in [9.17, 15) is 4.79 Å². The minimum Gasteiger partial charge on any atom is -0.395 e. The predicted octanol–water partition coefficient (Wildman–Crippen LogP) is 1.70. The number of ketones is 1. The average molecular weight is 277 g/mol. The first-order valence-electron chi connectivity index (χ1n) is 4.17. The largest absolute Gasteiger partial charge is 0.395 e. The van der Waals surface area contributed by atoms with Gasteiger partial charge in [-0.25, -0.2) is 0 Å². The molecule has 1 aromatic heterocycles. The van der Waals surface area contributed by atoms with E-state index >= 15 is 0 Å². The molecule has 5 heteroatoms.